The van der Waals surface area contributed by atoms with Gasteiger partial charge in [-0.15, -0.1) is 0 Å². The van der Waals surface area contributed by atoms with Gasteiger partial charge in [0.1, 0.15) is 6.61 Å². The molecule has 0 amide bonds. The predicted molar refractivity (Wildman–Crippen MR) is 115 cm³/mol. The van der Waals surface area contributed by atoms with Gasteiger partial charge in [-0.05, 0) is 59.7 Å². The topological polar surface area (TPSA) is 72.8 Å². The van der Waals surface area contributed by atoms with Crippen LogP contribution in [0.15, 0.2) is 12.2 Å². The van der Waals surface area contributed by atoms with Gasteiger partial charge < -0.3 is 14.6 Å². The van der Waals surface area contributed by atoms with Crippen LogP contribution in [0.25, 0.3) is 0 Å². The van der Waals surface area contributed by atoms with Crippen molar-refractivity contribution in [3.05, 3.63) is 12.2 Å². The van der Waals surface area contributed by atoms with Crippen molar-refractivity contribution >= 4 is 11.9 Å². The number of carbonyl (C=O) groups is 2. The van der Waals surface area contributed by atoms with Gasteiger partial charge in [-0.2, -0.15) is 0 Å². The fourth-order valence-electron chi connectivity index (χ4n) is 7.52. The molecule has 0 aromatic carbocycles. The smallest absolute Gasteiger partial charge is 0.310 e. The van der Waals surface area contributed by atoms with Gasteiger partial charge in [0, 0.05) is 6.92 Å². The number of ether oxygens (including phenoxy) is 2. The molecule has 0 radical (unpaired) electrons. The van der Waals surface area contributed by atoms with Crippen LogP contribution in [0.3, 0.4) is 0 Å². The van der Waals surface area contributed by atoms with Crippen LogP contribution in [0, 0.1) is 39.9 Å². The fourth-order valence-corrected chi connectivity index (χ4v) is 7.52. The standard InChI is InChI=1S/C25H40O5/c1-16-8-9-20-24(5)12-7-11-23(3,4)19(24)10-13-25(20,6)21(16)22(28)29-15-18(14-26)30-17(2)27/h8-9,16,18-21,26H,7,10-15H2,1-6H3. The highest BCUT2D eigenvalue weighted by Gasteiger charge is 2.62. The van der Waals surface area contributed by atoms with Crippen molar-refractivity contribution < 1.29 is 24.2 Å². The molecule has 3 rings (SSSR count). The SMILES string of the molecule is CC(=O)OC(CO)COC(=O)C1C(C)C=CC2C1(C)CCC1C(C)(C)CCCC12C. The van der Waals surface area contributed by atoms with Crippen LogP contribution < -0.4 is 0 Å². The third kappa shape index (κ3) is 3.94. The molecule has 2 fully saturated rings. The van der Waals surface area contributed by atoms with Gasteiger partial charge in [0.15, 0.2) is 6.10 Å². The third-order valence-corrected chi connectivity index (χ3v) is 8.71. The Hall–Kier alpha value is -1.36. The van der Waals surface area contributed by atoms with E-state index in [1.165, 1.54) is 26.2 Å². The Morgan fingerprint density at radius 1 is 1.10 bits per heavy atom. The molecule has 0 aromatic heterocycles. The number of esters is 2. The van der Waals surface area contributed by atoms with E-state index < -0.39 is 12.1 Å². The first-order valence-corrected chi connectivity index (χ1v) is 11.6. The van der Waals surface area contributed by atoms with Crippen molar-refractivity contribution in [2.75, 3.05) is 13.2 Å². The highest BCUT2D eigenvalue weighted by atomic mass is 16.6. The lowest BCUT2D eigenvalue weighted by Gasteiger charge is -2.64. The van der Waals surface area contributed by atoms with Gasteiger partial charge in [-0.3, -0.25) is 9.59 Å². The molecule has 7 unspecified atom stereocenters. The molecule has 0 aromatic rings. The molecule has 1 N–H and O–H groups in total. The van der Waals surface area contributed by atoms with Gasteiger partial charge in [-0.1, -0.05) is 53.2 Å². The van der Waals surface area contributed by atoms with E-state index in [2.05, 4.69) is 46.8 Å². The lowest BCUT2D eigenvalue weighted by Crippen LogP contribution is -2.59. The summed E-state index contributed by atoms with van der Waals surface area (Å²) in [5.41, 5.74) is 0.370. The maximum absolute atomic E-state index is 13.3. The van der Waals surface area contributed by atoms with E-state index in [0.29, 0.717) is 17.3 Å². The van der Waals surface area contributed by atoms with Crippen LogP contribution >= 0.6 is 0 Å². The monoisotopic (exact) mass is 420 g/mol. The number of allylic oxidation sites excluding steroid dienone is 2. The number of fused-ring (bicyclic) bond motifs is 3. The minimum atomic E-state index is -0.808. The number of aliphatic hydroxyl groups is 1. The second-order valence-electron chi connectivity index (χ2n) is 11.2. The zero-order valence-corrected chi connectivity index (χ0v) is 19.6. The zero-order valence-electron chi connectivity index (χ0n) is 19.6. The van der Waals surface area contributed by atoms with Gasteiger partial charge >= 0.3 is 11.9 Å². The number of carbonyl (C=O) groups excluding carboxylic acids is 2. The Balaban J connectivity index is 1.83. The maximum Gasteiger partial charge on any atom is 0.310 e. The summed E-state index contributed by atoms with van der Waals surface area (Å²) in [6.45, 7) is 12.5. The number of hydrogen-bond acceptors (Lipinski definition) is 5. The molecule has 2 saturated carbocycles. The molecule has 3 aliphatic carbocycles. The maximum atomic E-state index is 13.3. The molecular weight excluding hydrogens is 380 g/mol. The first kappa shape index (κ1) is 23.3. The van der Waals surface area contributed by atoms with Crippen molar-refractivity contribution in [2.24, 2.45) is 39.9 Å². The first-order chi connectivity index (χ1) is 14.0. The molecule has 0 saturated heterocycles. The summed E-state index contributed by atoms with van der Waals surface area (Å²) in [5, 5.41) is 9.42. The van der Waals surface area contributed by atoms with Crippen molar-refractivity contribution in [1.29, 1.82) is 0 Å². The summed E-state index contributed by atoms with van der Waals surface area (Å²) in [5.74, 6) is 0.150. The van der Waals surface area contributed by atoms with Crippen molar-refractivity contribution in [1.82, 2.24) is 0 Å². The number of rotatable bonds is 5. The summed E-state index contributed by atoms with van der Waals surface area (Å²) in [7, 11) is 0. The van der Waals surface area contributed by atoms with Crippen LogP contribution in [0.1, 0.15) is 73.6 Å². The van der Waals surface area contributed by atoms with E-state index in [0.717, 1.165) is 12.8 Å². The van der Waals surface area contributed by atoms with Crippen molar-refractivity contribution in [3.8, 4) is 0 Å². The molecule has 5 nitrogen and oxygen atoms in total. The summed E-state index contributed by atoms with van der Waals surface area (Å²) >= 11 is 0. The average Bonchev–Trinajstić information content (AvgIpc) is 2.63. The molecule has 0 heterocycles. The number of hydrogen-bond donors (Lipinski definition) is 1. The van der Waals surface area contributed by atoms with E-state index >= 15 is 0 Å². The normalized spacial score (nSPS) is 40.6. The van der Waals surface area contributed by atoms with Crippen LogP contribution in [-0.4, -0.2) is 36.4 Å². The molecule has 0 aliphatic heterocycles. The summed E-state index contributed by atoms with van der Waals surface area (Å²) in [6.07, 6.45) is 9.70. The quantitative estimate of drug-likeness (QED) is 0.523. The van der Waals surface area contributed by atoms with E-state index in [9.17, 15) is 14.7 Å². The zero-order chi connectivity index (χ0) is 22.3. The Bertz CT molecular complexity index is 698. The molecular formula is C25H40O5. The summed E-state index contributed by atoms with van der Waals surface area (Å²) in [4.78, 5) is 24.5. The minimum Gasteiger partial charge on any atom is -0.461 e. The molecule has 170 valence electrons. The van der Waals surface area contributed by atoms with Gasteiger partial charge in [0.25, 0.3) is 0 Å². The van der Waals surface area contributed by atoms with E-state index in [-0.39, 0.29) is 41.8 Å². The Morgan fingerprint density at radius 3 is 2.43 bits per heavy atom. The van der Waals surface area contributed by atoms with Crippen molar-refractivity contribution in [3.63, 3.8) is 0 Å². The summed E-state index contributed by atoms with van der Waals surface area (Å²) in [6, 6.07) is 0. The van der Waals surface area contributed by atoms with Crippen LogP contribution in [-0.2, 0) is 19.1 Å². The Kier molecular flexibility index (Phi) is 6.44. The highest BCUT2D eigenvalue weighted by molar-refractivity contribution is 5.75. The highest BCUT2D eigenvalue weighted by Crippen LogP contribution is 2.67. The Labute approximate surface area is 181 Å². The number of aliphatic hydroxyl groups excluding tert-OH is 1. The lowest BCUT2D eigenvalue weighted by molar-refractivity contribution is -0.179. The third-order valence-electron chi connectivity index (χ3n) is 8.71. The average molecular weight is 421 g/mol. The second kappa shape index (κ2) is 8.29. The van der Waals surface area contributed by atoms with E-state index in [1.54, 1.807) is 0 Å². The van der Waals surface area contributed by atoms with Crippen LogP contribution in [0.2, 0.25) is 0 Å². The van der Waals surface area contributed by atoms with Crippen molar-refractivity contribution in [2.45, 2.75) is 79.8 Å². The van der Waals surface area contributed by atoms with E-state index in [1.807, 2.05) is 0 Å². The molecule has 5 heteroatoms. The summed E-state index contributed by atoms with van der Waals surface area (Å²) < 4.78 is 10.6. The molecule has 7 atom stereocenters. The van der Waals surface area contributed by atoms with Gasteiger partial charge in [0.05, 0.1) is 12.5 Å². The molecule has 0 bridgehead atoms. The Morgan fingerprint density at radius 2 is 1.80 bits per heavy atom. The minimum absolute atomic E-state index is 0.0943. The van der Waals surface area contributed by atoms with Crippen LogP contribution in [0.5, 0.6) is 0 Å². The first-order valence-electron chi connectivity index (χ1n) is 11.6. The van der Waals surface area contributed by atoms with Gasteiger partial charge in [0.2, 0.25) is 0 Å². The van der Waals surface area contributed by atoms with Crippen LogP contribution in [0.4, 0.5) is 0 Å². The fraction of sp³-hybridized carbons (Fsp3) is 0.840. The predicted octanol–water partition coefficient (Wildman–Crippen LogP) is 4.52. The molecule has 0 spiro atoms. The lowest BCUT2D eigenvalue weighted by atomic mass is 9.40. The molecule has 30 heavy (non-hydrogen) atoms. The molecule has 3 aliphatic rings. The van der Waals surface area contributed by atoms with E-state index in [4.69, 9.17) is 9.47 Å². The van der Waals surface area contributed by atoms with Gasteiger partial charge in [-0.25, -0.2) is 0 Å². The second-order valence-corrected chi connectivity index (χ2v) is 11.2. The largest absolute Gasteiger partial charge is 0.461 e.